The number of fused-ring (bicyclic) bond motifs is 2. The van der Waals surface area contributed by atoms with Gasteiger partial charge >= 0.3 is 0 Å². The fourth-order valence-electron chi connectivity index (χ4n) is 7.92. The van der Waals surface area contributed by atoms with E-state index >= 15 is 4.79 Å². The van der Waals surface area contributed by atoms with Crippen molar-refractivity contribution in [2.75, 3.05) is 10.6 Å². The highest BCUT2D eigenvalue weighted by molar-refractivity contribution is 6.34. The number of ketones is 2. The summed E-state index contributed by atoms with van der Waals surface area (Å²) in [6.45, 7) is 12.2. The molecule has 63 heavy (non-hydrogen) atoms. The largest absolute Gasteiger partial charge is 0.504 e. The van der Waals surface area contributed by atoms with Crippen molar-refractivity contribution in [1.82, 2.24) is 0 Å². The number of unbranched alkanes of at least 4 members (excludes halogenated alkanes) is 8. The summed E-state index contributed by atoms with van der Waals surface area (Å²) in [6.07, 6.45) is 13.4. The second-order valence-electron chi connectivity index (χ2n) is 15.9. The maximum absolute atomic E-state index is 15.0. The zero-order valence-electron chi connectivity index (χ0n) is 35.7. The van der Waals surface area contributed by atoms with Gasteiger partial charge in [0.25, 0.3) is 0 Å². The van der Waals surface area contributed by atoms with E-state index in [1.807, 2.05) is 24.3 Å². The zero-order chi connectivity index (χ0) is 44.3. The molecule has 9 nitrogen and oxygen atoms in total. The van der Waals surface area contributed by atoms with Gasteiger partial charge in [-0.15, -0.1) is 0 Å². The number of aryl methyl sites for hydroxylation is 2. The first-order valence-corrected chi connectivity index (χ1v) is 21.9. The Labute approximate surface area is 368 Å². The molecule has 0 bridgehead atoms. The van der Waals surface area contributed by atoms with Gasteiger partial charge < -0.3 is 30.3 Å². The number of carbonyl (C=O) groups excluding carboxylic acids is 2. The van der Waals surface area contributed by atoms with Crippen LogP contribution in [0.4, 0.5) is 32.8 Å². The Kier molecular flexibility index (Phi) is 14.4. The Morgan fingerprint density at radius 3 is 1.54 bits per heavy atom. The molecule has 0 aliphatic heterocycles. The third-order valence-electron chi connectivity index (χ3n) is 11.3. The van der Waals surface area contributed by atoms with Gasteiger partial charge in [-0.05, 0) is 85.3 Å². The van der Waals surface area contributed by atoms with E-state index in [1.165, 1.54) is 68.9 Å². The van der Waals surface area contributed by atoms with Crippen LogP contribution >= 0.6 is 0 Å². The quantitative estimate of drug-likeness (QED) is 0.0340. The summed E-state index contributed by atoms with van der Waals surface area (Å²) in [5, 5.41) is 30.1. The van der Waals surface area contributed by atoms with E-state index in [4.69, 9.17) is 16.0 Å². The van der Waals surface area contributed by atoms with Gasteiger partial charge in [-0.25, -0.2) is 9.24 Å². The molecule has 0 fully saturated rings. The molecule has 6 aromatic carbocycles. The van der Waals surface area contributed by atoms with E-state index in [2.05, 4.69) is 29.3 Å². The Balaban J connectivity index is 1.30. The van der Waals surface area contributed by atoms with Gasteiger partial charge in [-0.1, -0.05) is 114 Å². The Morgan fingerprint density at radius 2 is 1.05 bits per heavy atom. The third kappa shape index (κ3) is 10.3. The van der Waals surface area contributed by atoms with Crippen LogP contribution in [0.25, 0.3) is 4.85 Å². The minimum Gasteiger partial charge on any atom is -0.504 e. The van der Waals surface area contributed by atoms with Crippen molar-refractivity contribution in [3.63, 3.8) is 0 Å². The smallest absolute Gasteiger partial charge is 0.209 e. The monoisotopic (exact) mass is 845 g/mol. The number of nitrogens with one attached hydrogen (secondary N) is 2. The lowest BCUT2D eigenvalue weighted by Crippen LogP contribution is -2.24. The number of phenols is 2. The molecule has 1 aliphatic carbocycles. The van der Waals surface area contributed by atoms with Gasteiger partial charge in [0, 0.05) is 23.5 Å². The van der Waals surface area contributed by atoms with Crippen molar-refractivity contribution in [2.24, 2.45) is 0 Å². The number of rotatable bonds is 20. The van der Waals surface area contributed by atoms with Crippen LogP contribution in [0.15, 0.2) is 109 Å². The molecule has 1 aliphatic rings. The number of carbonyl (C=O) groups is 2. The molecule has 0 spiro atoms. The van der Waals surface area contributed by atoms with Crippen LogP contribution in [0.1, 0.15) is 121 Å². The van der Waals surface area contributed by atoms with Gasteiger partial charge in [0.15, 0.2) is 23.0 Å². The van der Waals surface area contributed by atoms with E-state index in [0.29, 0.717) is 17.2 Å². The van der Waals surface area contributed by atoms with Crippen LogP contribution in [-0.4, -0.2) is 21.8 Å². The van der Waals surface area contributed by atoms with E-state index in [0.717, 1.165) is 49.7 Å². The Morgan fingerprint density at radius 1 is 0.556 bits per heavy atom. The number of benzene rings is 6. The fourth-order valence-corrected chi connectivity index (χ4v) is 7.92. The molecule has 4 N–H and O–H groups in total. The number of para-hydroxylation sites is 2. The number of hydrogen-bond acceptors (Lipinski definition) is 8. The first-order valence-electron chi connectivity index (χ1n) is 21.9. The van der Waals surface area contributed by atoms with Crippen molar-refractivity contribution in [2.45, 2.75) is 90.9 Å². The summed E-state index contributed by atoms with van der Waals surface area (Å²) in [5.74, 6) is -2.86. The first kappa shape index (κ1) is 44.0. The molecular weight excluding hydrogens is 794 g/mol. The summed E-state index contributed by atoms with van der Waals surface area (Å²) in [6, 6.07) is 30.0. The lowest BCUT2D eigenvalue weighted by molar-refractivity contribution is 0.0974. The third-order valence-corrected chi connectivity index (χ3v) is 11.3. The van der Waals surface area contributed by atoms with Crippen molar-refractivity contribution in [3.8, 4) is 34.5 Å². The summed E-state index contributed by atoms with van der Waals surface area (Å²) in [5.41, 5.74) is 1.91. The summed E-state index contributed by atoms with van der Waals surface area (Å²) in [7, 11) is 0. The molecule has 0 unspecified atom stereocenters. The minimum absolute atomic E-state index is 0.0277. The first-order chi connectivity index (χ1) is 30.7. The second kappa shape index (κ2) is 20.6. The van der Waals surface area contributed by atoms with Crippen molar-refractivity contribution in [1.29, 1.82) is 0 Å². The van der Waals surface area contributed by atoms with E-state index in [9.17, 15) is 19.4 Å². The molecule has 0 radical (unpaired) electrons. The zero-order valence-corrected chi connectivity index (χ0v) is 35.7. The van der Waals surface area contributed by atoms with Crippen LogP contribution in [-0.2, 0) is 12.8 Å². The minimum atomic E-state index is -0.813. The number of aromatic hydroxyl groups is 2. The molecule has 0 saturated carbocycles. The normalized spacial score (nSPS) is 11.7. The van der Waals surface area contributed by atoms with Gasteiger partial charge in [0.2, 0.25) is 17.3 Å². The molecule has 322 valence electrons. The van der Waals surface area contributed by atoms with Crippen molar-refractivity contribution < 1.29 is 33.7 Å². The number of ether oxygens (including phenoxy) is 2. The van der Waals surface area contributed by atoms with E-state index < -0.39 is 28.9 Å². The molecule has 0 heterocycles. The SMILES string of the molecule is [C-]#[N+]c1ccccc1Nc1cc(Oc2ccc(CCCCCCC)cc2)c(O)c2c1C(=O)c1c(O)c(Oc3ccc(CCCCCCC)cc3)cc(Nc3cccc(F)c3)c1C2=O. The Bertz CT molecular complexity index is 2640. The number of hydrogen-bond donors (Lipinski definition) is 4. The molecule has 0 saturated heterocycles. The lowest BCUT2D eigenvalue weighted by atomic mass is 9.80. The highest BCUT2D eigenvalue weighted by Gasteiger charge is 2.41. The van der Waals surface area contributed by atoms with Gasteiger partial charge in [-0.2, -0.15) is 0 Å². The maximum atomic E-state index is 15.0. The number of halogens is 1. The van der Waals surface area contributed by atoms with Gasteiger partial charge in [0.05, 0.1) is 40.2 Å². The van der Waals surface area contributed by atoms with E-state index in [-0.39, 0.29) is 56.5 Å². The van der Waals surface area contributed by atoms with Crippen LogP contribution < -0.4 is 20.1 Å². The maximum Gasteiger partial charge on any atom is 0.209 e. The lowest BCUT2D eigenvalue weighted by Gasteiger charge is -2.27. The molecule has 0 atom stereocenters. The molecule has 10 heteroatoms. The second-order valence-corrected chi connectivity index (χ2v) is 15.9. The standard InChI is InChI=1S/C53H52FN3O6/c1-4-6-8-10-12-17-34-23-27-38(28-24-34)62-44-32-42(56-37-20-16-19-36(54)31-37)46-48(50(44)58)53(61)47-43(57-41-22-15-14-21-40(41)55-3)33-45(51(59)49(47)52(46)60)63-39-29-25-35(26-30-39)18-13-11-9-7-5-2/h14-16,19-33,56-59H,4-13,17-18H2,1-2H3. The number of phenolic OH excluding ortho intramolecular Hbond substituents is 2. The van der Waals surface area contributed by atoms with Crippen LogP contribution in [0.2, 0.25) is 0 Å². The molecule has 0 aromatic heterocycles. The molecule has 7 rings (SSSR count). The van der Waals surface area contributed by atoms with Gasteiger partial charge in [-0.3, -0.25) is 9.59 Å². The highest BCUT2D eigenvalue weighted by atomic mass is 19.1. The van der Waals surface area contributed by atoms with Crippen LogP contribution in [0, 0.1) is 12.4 Å². The molecule has 0 amide bonds. The molecule has 6 aromatic rings. The van der Waals surface area contributed by atoms with Crippen LogP contribution in [0.5, 0.6) is 34.5 Å². The Hall–Kier alpha value is -7.12. The predicted molar refractivity (Wildman–Crippen MR) is 247 cm³/mol. The van der Waals surface area contributed by atoms with Crippen molar-refractivity contribution in [3.05, 3.63) is 160 Å². The highest BCUT2D eigenvalue weighted by Crippen LogP contribution is 2.51. The fraction of sp³-hybridized carbons (Fsp3) is 0.264. The van der Waals surface area contributed by atoms with Crippen molar-refractivity contribution >= 4 is 40.0 Å². The van der Waals surface area contributed by atoms with Crippen LogP contribution in [0.3, 0.4) is 0 Å². The van der Waals surface area contributed by atoms with Gasteiger partial charge in [0.1, 0.15) is 17.3 Å². The van der Waals surface area contributed by atoms with E-state index in [1.54, 1.807) is 54.6 Å². The average molecular weight is 846 g/mol. The number of nitrogens with zero attached hydrogens (tertiary/aromatic N) is 1. The summed E-state index contributed by atoms with van der Waals surface area (Å²) in [4.78, 5) is 33.6. The summed E-state index contributed by atoms with van der Waals surface area (Å²) < 4.78 is 27.0. The summed E-state index contributed by atoms with van der Waals surface area (Å²) >= 11 is 0. The predicted octanol–water partition coefficient (Wildman–Crippen LogP) is 14.7. The average Bonchev–Trinajstić information content (AvgIpc) is 3.28. The number of anilines is 4. The topological polar surface area (TPSA) is 121 Å². The molecular formula is C53H52FN3O6.